The molecule has 1 N–H and O–H groups in total. The fourth-order valence-corrected chi connectivity index (χ4v) is 2.49. The van der Waals surface area contributed by atoms with Crippen molar-refractivity contribution in [2.45, 2.75) is 39.0 Å². The van der Waals surface area contributed by atoms with Gasteiger partial charge in [0, 0.05) is 12.6 Å². The summed E-state index contributed by atoms with van der Waals surface area (Å²) in [6, 6.07) is 0. The molecule has 2 fully saturated rings. The predicted molar refractivity (Wildman–Crippen MR) is 51.3 cm³/mol. The Morgan fingerprint density at radius 1 is 1.46 bits per heavy atom. The molecular weight excluding hydrogens is 164 g/mol. The molecule has 72 valence electrons. The van der Waals surface area contributed by atoms with Gasteiger partial charge in [-0.3, -0.25) is 4.79 Å². The number of fused-ring (bicyclic) bond motifs is 2. The van der Waals surface area contributed by atoms with Crippen LogP contribution in [0.4, 0.5) is 0 Å². The van der Waals surface area contributed by atoms with Gasteiger partial charge in [-0.05, 0) is 43.9 Å². The van der Waals surface area contributed by atoms with E-state index in [0.29, 0.717) is 5.92 Å². The lowest BCUT2D eigenvalue weighted by Crippen LogP contribution is -2.23. The minimum absolute atomic E-state index is 0.0624. The van der Waals surface area contributed by atoms with Crippen molar-refractivity contribution < 1.29 is 4.79 Å². The molecule has 2 bridgehead atoms. The summed E-state index contributed by atoms with van der Waals surface area (Å²) in [4.78, 5) is 10.7. The van der Waals surface area contributed by atoms with Crippen LogP contribution in [0.3, 0.4) is 0 Å². The van der Waals surface area contributed by atoms with Crippen LogP contribution in [0.1, 0.15) is 39.0 Å². The smallest absolute Gasteiger partial charge is 0.236 e. The van der Waals surface area contributed by atoms with Gasteiger partial charge in [0.1, 0.15) is 0 Å². The molecule has 0 aliphatic heterocycles. The number of hydrazone groups is 1. The Balaban J connectivity index is 1.99. The molecular formula is C10H16N2O. The lowest BCUT2D eigenvalue weighted by molar-refractivity contribution is -0.118. The van der Waals surface area contributed by atoms with Crippen molar-refractivity contribution in [2.24, 2.45) is 16.9 Å². The largest absolute Gasteiger partial charge is 0.274 e. The molecule has 0 spiro atoms. The Morgan fingerprint density at radius 2 is 2.31 bits per heavy atom. The Morgan fingerprint density at radius 3 is 3.08 bits per heavy atom. The first-order valence-corrected chi connectivity index (χ1v) is 5.08. The fraction of sp³-hybridized carbons (Fsp3) is 0.800. The van der Waals surface area contributed by atoms with Gasteiger partial charge in [-0.1, -0.05) is 0 Å². The van der Waals surface area contributed by atoms with Gasteiger partial charge in [0.05, 0.1) is 0 Å². The molecule has 13 heavy (non-hydrogen) atoms. The minimum Gasteiger partial charge on any atom is -0.274 e. The Hall–Kier alpha value is -0.860. The van der Waals surface area contributed by atoms with Crippen LogP contribution >= 0.6 is 0 Å². The van der Waals surface area contributed by atoms with Crippen molar-refractivity contribution >= 4 is 11.6 Å². The van der Waals surface area contributed by atoms with Crippen LogP contribution in [0.25, 0.3) is 0 Å². The molecule has 0 aromatic heterocycles. The molecule has 3 heteroatoms. The van der Waals surface area contributed by atoms with Crippen LogP contribution in [0, 0.1) is 11.8 Å². The number of amides is 1. The van der Waals surface area contributed by atoms with E-state index in [-0.39, 0.29) is 5.91 Å². The number of rotatable bonds is 1. The predicted octanol–water partition coefficient (Wildman–Crippen LogP) is 1.69. The second kappa shape index (κ2) is 3.48. The number of hydrogen-bond donors (Lipinski definition) is 1. The van der Waals surface area contributed by atoms with E-state index in [4.69, 9.17) is 0 Å². The highest BCUT2D eigenvalue weighted by atomic mass is 16.2. The average Bonchev–Trinajstić information content (AvgIpc) is 2.47. The topological polar surface area (TPSA) is 41.5 Å². The summed E-state index contributed by atoms with van der Waals surface area (Å²) in [5.74, 6) is 1.56. The zero-order valence-corrected chi connectivity index (χ0v) is 8.05. The van der Waals surface area contributed by atoms with E-state index in [9.17, 15) is 4.79 Å². The van der Waals surface area contributed by atoms with Crippen molar-refractivity contribution in [2.75, 3.05) is 0 Å². The number of nitrogens with zero attached hydrogens (tertiary/aromatic N) is 1. The number of carbonyl (C=O) groups is 1. The first-order valence-electron chi connectivity index (χ1n) is 5.08. The zero-order valence-electron chi connectivity index (χ0n) is 8.05. The van der Waals surface area contributed by atoms with E-state index in [1.807, 2.05) is 0 Å². The summed E-state index contributed by atoms with van der Waals surface area (Å²) in [7, 11) is 0. The maximum Gasteiger partial charge on any atom is 0.236 e. The summed E-state index contributed by atoms with van der Waals surface area (Å²) < 4.78 is 0. The third kappa shape index (κ3) is 1.90. The van der Waals surface area contributed by atoms with Gasteiger partial charge in [-0.2, -0.15) is 5.10 Å². The second-order valence-electron chi connectivity index (χ2n) is 4.19. The molecule has 2 aliphatic carbocycles. The molecule has 1 amide bonds. The molecule has 3 nitrogen and oxygen atoms in total. The molecule has 2 rings (SSSR count). The zero-order chi connectivity index (χ0) is 9.26. The average molecular weight is 180 g/mol. The van der Waals surface area contributed by atoms with Crippen LogP contribution in [-0.4, -0.2) is 11.6 Å². The van der Waals surface area contributed by atoms with Gasteiger partial charge in [0.15, 0.2) is 0 Å². The molecule has 2 atom stereocenters. The van der Waals surface area contributed by atoms with Crippen LogP contribution in [-0.2, 0) is 4.79 Å². The van der Waals surface area contributed by atoms with Crippen molar-refractivity contribution in [3.63, 3.8) is 0 Å². The maximum absolute atomic E-state index is 10.7. The van der Waals surface area contributed by atoms with E-state index < -0.39 is 0 Å². The molecule has 0 aromatic carbocycles. The standard InChI is InChI=1S/C10H16N2O/c1-7(13)11-12-10-5-3-8-2-4-9(10)6-8/h8-9H,2-6H2,1H3,(H,11,13). The molecule has 2 saturated carbocycles. The fourth-order valence-electron chi connectivity index (χ4n) is 2.49. The third-order valence-corrected chi connectivity index (χ3v) is 3.18. The van der Waals surface area contributed by atoms with Gasteiger partial charge in [-0.25, -0.2) is 5.43 Å². The van der Waals surface area contributed by atoms with E-state index in [2.05, 4.69) is 10.5 Å². The van der Waals surface area contributed by atoms with Crippen molar-refractivity contribution in [1.29, 1.82) is 0 Å². The molecule has 0 saturated heterocycles. The molecule has 2 aliphatic rings. The van der Waals surface area contributed by atoms with E-state index in [0.717, 1.165) is 12.3 Å². The second-order valence-corrected chi connectivity index (χ2v) is 4.19. The number of carbonyl (C=O) groups excluding carboxylic acids is 1. The summed E-state index contributed by atoms with van der Waals surface area (Å²) in [5.41, 5.74) is 3.77. The number of nitrogens with one attached hydrogen (secondary N) is 1. The normalized spacial score (nSPS) is 35.0. The first kappa shape index (κ1) is 8.73. The summed E-state index contributed by atoms with van der Waals surface area (Å²) in [6.07, 6.45) is 6.32. The summed E-state index contributed by atoms with van der Waals surface area (Å²) >= 11 is 0. The lowest BCUT2D eigenvalue weighted by Gasteiger charge is -2.20. The Labute approximate surface area is 78.6 Å². The van der Waals surface area contributed by atoms with Crippen molar-refractivity contribution in [3.8, 4) is 0 Å². The van der Waals surface area contributed by atoms with E-state index in [1.165, 1.54) is 38.3 Å². The van der Waals surface area contributed by atoms with E-state index >= 15 is 0 Å². The van der Waals surface area contributed by atoms with Gasteiger partial charge in [0.25, 0.3) is 0 Å². The third-order valence-electron chi connectivity index (χ3n) is 3.18. The Bertz CT molecular complexity index is 247. The van der Waals surface area contributed by atoms with Crippen LogP contribution in [0.5, 0.6) is 0 Å². The highest BCUT2D eigenvalue weighted by Gasteiger charge is 2.32. The quantitative estimate of drug-likeness (QED) is 0.613. The molecule has 2 unspecified atom stereocenters. The molecule has 0 aromatic rings. The highest BCUT2D eigenvalue weighted by Crippen LogP contribution is 2.40. The van der Waals surface area contributed by atoms with E-state index in [1.54, 1.807) is 0 Å². The monoisotopic (exact) mass is 180 g/mol. The van der Waals surface area contributed by atoms with Gasteiger partial charge >= 0.3 is 0 Å². The highest BCUT2D eigenvalue weighted by molar-refractivity contribution is 5.89. The summed E-state index contributed by atoms with van der Waals surface area (Å²) in [5, 5.41) is 4.18. The lowest BCUT2D eigenvalue weighted by atomic mass is 9.88. The Kier molecular flexibility index (Phi) is 2.34. The van der Waals surface area contributed by atoms with Crippen LogP contribution in [0.15, 0.2) is 5.10 Å². The SMILES string of the molecule is CC(=O)NN=C1CCC2CCC1C2. The van der Waals surface area contributed by atoms with Crippen LogP contribution in [0.2, 0.25) is 0 Å². The van der Waals surface area contributed by atoms with Crippen molar-refractivity contribution in [3.05, 3.63) is 0 Å². The first-order chi connectivity index (χ1) is 6.25. The number of hydrogen-bond acceptors (Lipinski definition) is 2. The van der Waals surface area contributed by atoms with Gasteiger partial charge < -0.3 is 0 Å². The molecule has 0 radical (unpaired) electrons. The maximum atomic E-state index is 10.7. The van der Waals surface area contributed by atoms with Crippen molar-refractivity contribution in [1.82, 2.24) is 5.43 Å². The molecule has 0 heterocycles. The van der Waals surface area contributed by atoms with Crippen LogP contribution < -0.4 is 5.43 Å². The summed E-state index contributed by atoms with van der Waals surface area (Å²) in [6.45, 7) is 1.50. The van der Waals surface area contributed by atoms with Gasteiger partial charge in [-0.15, -0.1) is 0 Å². The minimum atomic E-state index is -0.0624. The van der Waals surface area contributed by atoms with Gasteiger partial charge in [0.2, 0.25) is 5.91 Å².